The van der Waals surface area contributed by atoms with Crippen molar-refractivity contribution in [2.45, 2.75) is 11.6 Å². The van der Waals surface area contributed by atoms with E-state index in [4.69, 9.17) is 12.2 Å². The Kier molecular flexibility index (Phi) is 3.17. The molecule has 1 aromatic rings. The fourth-order valence-electron chi connectivity index (χ4n) is 2.26. The second-order valence-electron chi connectivity index (χ2n) is 4.42. The van der Waals surface area contributed by atoms with Gasteiger partial charge in [-0.1, -0.05) is 6.07 Å². The highest BCUT2D eigenvalue weighted by Gasteiger charge is 2.46. The van der Waals surface area contributed by atoms with Gasteiger partial charge in [0, 0.05) is 12.3 Å². The molecule has 106 valence electrons. The third-order valence-corrected chi connectivity index (χ3v) is 4.80. The van der Waals surface area contributed by atoms with E-state index in [1.807, 2.05) is 0 Å². The summed E-state index contributed by atoms with van der Waals surface area (Å²) in [5.41, 5.74) is -0.616. The first-order valence-corrected chi connectivity index (χ1v) is 7.29. The van der Waals surface area contributed by atoms with E-state index in [1.165, 1.54) is 28.8 Å². The summed E-state index contributed by atoms with van der Waals surface area (Å²) in [4.78, 5) is 15.2. The predicted molar refractivity (Wildman–Crippen MR) is 74.5 cm³/mol. The molecule has 0 N–H and O–H groups in total. The van der Waals surface area contributed by atoms with Crippen LogP contribution in [0.15, 0.2) is 24.3 Å². The van der Waals surface area contributed by atoms with Crippen LogP contribution >= 0.6 is 24.0 Å². The molecule has 2 heterocycles. The minimum atomic E-state index is -4.44. The summed E-state index contributed by atoms with van der Waals surface area (Å²) in [7, 11) is 0. The van der Waals surface area contributed by atoms with Gasteiger partial charge in [-0.2, -0.15) is 13.2 Å². The number of anilines is 1. The number of benzene rings is 1. The SMILES string of the molecule is O=C1[C@@H]2SCCN2C(=S)N1c1cccc(C(F)(F)F)c1. The smallest absolute Gasteiger partial charge is 0.327 e. The summed E-state index contributed by atoms with van der Waals surface area (Å²) >= 11 is 6.67. The van der Waals surface area contributed by atoms with E-state index in [2.05, 4.69) is 0 Å². The van der Waals surface area contributed by atoms with Crippen LogP contribution in [-0.4, -0.2) is 33.6 Å². The summed E-state index contributed by atoms with van der Waals surface area (Å²) in [6.07, 6.45) is -4.44. The lowest BCUT2D eigenvalue weighted by Gasteiger charge is -2.19. The van der Waals surface area contributed by atoms with E-state index in [1.54, 1.807) is 4.90 Å². The fourth-order valence-corrected chi connectivity index (χ4v) is 3.88. The molecule has 0 radical (unpaired) electrons. The van der Waals surface area contributed by atoms with Crippen LogP contribution in [-0.2, 0) is 11.0 Å². The number of carbonyl (C=O) groups excluding carboxylic acids is 1. The van der Waals surface area contributed by atoms with E-state index >= 15 is 0 Å². The molecule has 0 spiro atoms. The molecule has 0 bridgehead atoms. The molecular formula is C12H9F3N2OS2. The number of hydrogen-bond donors (Lipinski definition) is 0. The van der Waals surface area contributed by atoms with Gasteiger partial charge >= 0.3 is 6.18 Å². The lowest BCUT2D eigenvalue weighted by molar-refractivity contribution is -0.137. The van der Waals surface area contributed by atoms with Crippen molar-refractivity contribution in [2.75, 3.05) is 17.2 Å². The van der Waals surface area contributed by atoms with Crippen molar-refractivity contribution >= 4 is 40.7 Å². The molecule has 0 aliphatic carbocycles. The van der Waals surface area contributed by atoms with Crippen LogP contribution in [0.2, 0.25) is 0 Å². The molecule has 0 aromatic heterocycles. The average molecular weight is 318 g/mol. The van der Waals surface area contributed by atoms with Gasteiger partial charge in [0.2, 0.25) is 0 Å². The maximum Gasteiger partial charge on any atom is 0.416 e. The molecular weight excluding hydrogens is 309 g/mol. The van der Waals surface area contributed by atoms with Crippen LogP contribution in [0.1, 0.15) is 5.56 Å². The highest BCUT2D eigenvalue weighted by atomic mass is 32.2. The third kappa shape index (κ3) is 2.07. The van der Waals surface area contributed by atoms with Crippen molar-refractivity contribution in [3.8, 4) is 0 Å². The van der Waals surface area contributed by atoms with E-state index in [0.29, 0.717) is 6.54 Å². The van der Waals surface area contributed by atoms with Crippen LogP contribution in [0.5, 0.6) is 0 Å². The molecule has 0 saturated carbocycles. The Bertz CT molecular complexity index is 568. The summed E-state index contributed by atoms with van der Waals surface area (Å²) in [5, 5.41) is -0.110. The summed E-state index contributed by atoms with van der Waals surface area (Å²) in [5.74, 6) is 0.532. The first-order valence-electron chi connectivity index (χ1n) is 5.83. The van der Waals surface area contributed by atoms with E-state index < -0.39 is 17.1 Å². The number of rotatable bonds is 1. The fraction of sp³-hybridized carbons (Fsp3) is 0.333. The lowest BCUT2D eigenvalue weighted by atomic mass is 10.2. The Labute approximate surface area is 122 Å². The summed E-state index contributed by atoms with van der Waals surface area (Å²) in [6, 6.07) is 4.68. The summed E-state index contributed by atoms with van der Waals surface area (Å²) in [6.45, 7) is 0.648. The Hall–Kier alpha value is -1.28. The zero-order chi connectivity index (χ0) is 14.5. The standard InChI is InChI=1S/C12H9F3N2OS2/c13-12(14,15)7-2-1-3-8(6-7)17-9(18)10-16(11(17)19)4-5-20-10/h1-3,6,10H,4-5H2/t10-/m0/s1. The molecule has 2 saturated heterocycles. The Morgan fingerprint density at radius 2 is 2.10 bits per heavy atom. The molecule has 2 aliphatic rings. The van der Waals surface area contributed by atoms with Gasteiger partial charge in [-0.15, -0.1) is 11.8 Å². The van der Waals surface area contributed by atoms with Crippen molar-refractivity contribution in [1.29, 1.82) is 0 Å². The Morgan fingerprint density at radius 3 is 2.75 bits per heavy atom. The van der Waals surface area contributed by atoms with Gasteiger partial charge in [0.15, 0.2) is 10.5 Å². The van der Waals surface area contributed by atoms with Gasteiger partial charge in [0.1, 0.15) is 0 Å². The molecule has 2 aliphatic heterocycles. The number of fused-ring (bicyclic) bond motifs is 1. The molecule has 1 amide bonds. The monoisotopic (exact) mass is 318 g/mol. The van der Waals surface area contributed by atoms with Crippen LogP contribution in [0, 0.1) is 0 Å². The number of thioether (sulfide) groups is 1. The number of thiocarbonyl (C=S) groups is 1. The molecule has 3 nitrogen and oxygen atoms in total. The first-order chi connectivity index (χ1) is 9.39. The largest absolute Gasteiger partial charge is 0.416 e. The quantitative estimate of drug-likeness (QED) is 0.743. The van der Waals surface area contributed by atoms with Crippen molar-refractivity contribution in [1.82, 2.24) is 4.90 Å². The third-order valence-electron chi connectivity index (χ3n) is 3.19. The molecule has 0 unspecified atom stereocenters. The zero-order valence-electron chi connectivity index (χ0n) is 10.1. The van der Waals surface area contributed by atoms with E-state index in [0.717, 1.165) is 17.9 Å². The minimum absolute atomic E-state index is 0.171. The number of amides is 1. The Morgan fingerprint density at radius 1 is 1.35 bits per heavy atom. The number of nitrogens with zero attached hydrogens (tertiary/aromatic N) is 2. The number of alkyl halides is 3. The maximum atomic E-state index is 12.7. The van der Waals surface area contributed by atoms with E-state index in [9.17, 15) is 18.0 Å². The number of halogens is 3. The molecule has 1 atom stereocenters. The second-order valence-corrected chi connectivity index (χ2v) is 5.97. The van der Waals surface area contributed by atoms with Crippen molar-refractivity contribution in [3.05, 3.63) is 29.8 Å². The van der Waals surface area contributed by atoms with Gasteiger partial charge in [0.25, 0.3) is 5.91 Å². The molecule has 3 rings (SSSR count). The molecule has 1 aromatic carbocycles. The van der Waals surface area contributed by atoms with Crippen LogP contribution < -0.4 is 4.90 Å². The van der Waals surface area contributed by atoms with Gasteiger partial charge < -0.3 is 4.90 Å². The first kappa shape index (κ1) is 13.7. The number of carbonyl (C=O) groups is 1. The highest BCUT2D eigenvalue weighted by Crippen LogP contribution is 2.37. The van der Waals surface area contributed by atoms with Crippen molar-refractivity contribution in [3.63, 3.8) is 0 Å². The predicted octanol–water partition coefficient (Wildman–Crippen LogP) is 2.71. The Balaban J connectivity index is 1.98. The molecule has 2 fully saturated rings. The lowest BCUT2D eigenvalue weighted by Crippen LogP contribution is -2.33. The molecule has 8 heteroatoms. The van der Waals surface area contributed by atoms with Crippen LogP contribution in [0.4, 0.5) is 18.9 Å². The van der Waals surface area contributed by atoms with Gasteiger partial charge in [0.05, 0.1) is 11.3 Å². The van der Waals surface area contributed by atoms with Gasteiger partial charge in [-0.3, -0.25) is 9.69 Å². The topological polar surface area (TPSA) is 23.6 Å². The van der Waals surface area contributed by atoms with Crippen molar-refractivity contribution < 1.29 is 18.0 Å². The average Bonchev–Trinajstić information content (AvgIpc) is 2.94. The maximum absolute atomic E-state index is 12.7. The summed E-state index contributed by atoms with van der Waals surface area (Å²) < 4.78 is 38.2. The van der Waals surface area contributed by atoms with Crippen LogP contribution in [0.25, 0.3) is 0 Å². The van der Waals surface area contributed by atoms with Gasteiger partial charge in [-0.25, -0.2) is 0 Å². The van der Waals surface area contributed by atoms with Gasteiger partial charge in [-0.05, 0) is 30.4 Å². The second kappa shape index (κ2) is 4.63. The van der Waals surface area contributed by atoms with Crippen molar-refractivity contribution in [2.24, 2.45) is 0 Å². The highest BCUT2D eigenvalue weighted by molar-refractivity contribution is 8.01. The minimum Gasteiger partial charge on any atom is -0.327 e. The number of hydrogen-bond acceptors (Lipinski definition) is 3. The van der Waals surface area contributed by atoms with E-state index in [-0.39, 0.29) is 16.7 Å². The molecule has 20 heavy (non-hydrogen) atoms. The zero-order valence-corrected chi connectivity index (χ0v) is 11.7. The normalized spacial score (nSPS) is 22.6. The van der Waals surface area contributed by atoms with Crippen LogP contribution in [0.3, 0.4) is 0 Å².